The molecular formula is C38H50BrN3O5S. The molecule has 10 heteroatoms. The number of alkyl halides is 1. The largest absolute Gasteiger partial charge is 0.493 e. The third-order valence-electron chi connectivity index (χ3n) is 8.37. The van der Waals surface area contributed by atoms with E-state index in [9.17, 15) is 13.2 Å². The summed E-state index contributed by atoms with van der Waals surface area (Å²) in [6.07, 6.45) is 12.8. The highest BCUT2D eigenvalue weighted by Crippen LogP contribution is 2.35. The molecule has 260 valence electrons. The number of sulfonamides is 1. The summed E-state index contributed by atoms with van der Waals surface area (Å²) in [7, 11) is -3.97. The fourth-order valence-corrected chi connectivity index (χ4v) is 7.97. The third-order valence-corrected chi connectivity index (χ3v) is 11.1. The number of unbranched alkanes of at least 4 members (excludes halogenated alkanes) is 9. The van der Waals surface area contributed by atoms with E-state index in [-0.39, 0.29) is 17.3 Å². The first-order chi connectivity index (χ1) is 23.2. The van der Waals surface area contributed by atoms with E-state index >= 15 is 0 Å². The van der Waals surface area contributed by atoms with E-state index in [2.05, 4.69) is 33.2 Å². The van der Waals surface area contributed by atoms with Gasteiger partial charge in [0.1, 0.15) is 22.2 Å². The molecular weight excluding hydrogens is 690 g/mol. The smallest absolute Gasteiger partial charge is 0.267 e. The van der Waals surface area contributed by atoms with Crippen molar-refractivity contribution in [2.75, 3.05) is 25.1 Å². The molecule has 1 aliphatic rings. The van der Waals surface area contributed by atoms with Gasteiger partial charge < -0.3 is 14.8 Å². The SMILES string of the molecule is CCCCCCCCCCCCOc1ccccc1NC(=O)C(Br)C1=Nc2ccccc2S(=O)(=O)N1CCCOc1ccc(C)cc1C. The summed E-state index contributed by atoms with van der Waals surface area (Å²) in [5.41, 5.74) is 2.98. The lowest BCUT2D eigenvalue weighted by atomic mass is 10.1. The number of para-hydroxylation sites is 3. The minimum absolute atomic E-state index is 0.0916. The topological polar surface area (TPSA) is 97.3 Å². The number of hydrogen-bond donors (Lipinski definition) is 1. The van der Waals surface area contributed by atoms with Gasteiger partial charge in [-0.15, -0.1) is 0 Å². The summed E-state index contributed by atoms with van der Waals surface area (Å²) in [5.74, 6) is 0.981. The molecule has 0 aromatic heterocycles. The van der Waals surface area contributed by atoms with Crippen molar-refractivity contribution in [3.8, 4) is 11.5 Å². The Bertz CT molecular complexity index is 1630. The van der Waals surface area contributed by atoms with Gasteiger partial charge in [0.25, 0.3) is 10.0 Å². The number of nitrogens with one attached hydrogen (secondary N) is 1. The van der Waals surface area contributed by atoms with Crippen LogP contribution in [0.15, 0.2) is 76.6 Å². The summed E-state index contributed by atoms with van der Waals surface area (Å²) in [4.78, 5) is 17.4. The quantitative estimate of drug-likeness (QED) is 0.0920. The van der Waals surface area contributed by atoms with Gasteiger partial charge in [-0.2, -0.15) is 0 Å². The van der Waals surface area contributed by atoms with Gasteiger partial charge in [0.05, 0.1) is 24.6 Å². The monoisotopic (exact) mass is 739 g/mol. The van der Waals surface area contributed by atoms with Crippen LogP contribution in [0.2, 0.25) is 0 Å². The van der Waals surface area contributed by atoms with Gasteiger partial charge in [0.15, 0.2) is 4.83 Å². The van der Waals surface area contributed by atoms with Crippen LogP contribution in [0.3, 0.4) is 0 Å². The average Bonchev–Trinajstić information content (AvgIpc) is 3.07. The number of hydrogen-bond acceptors (Lipinski definition) is 6. The number of aryl methyl sites for hydroxylation is 2. The number of halogens is 1. The number of nitrogens with zero attached hydrogens (tertiary/aromatic N) is 2. The highest BCUT2D eigenvalue weighted by atomic mass is 79.9. The van der Waals surface area contributed by atoms with Crippen LogP contribution in [-0.4, -0.2) is 49.1 Å². The van der Waals surface area contributed by atoms with Crippen LogP contribution in [0.1, 0.15) is 88.7 Å². The zero-order valence-corrected chi connectivity index (χ0v) is 31.0. The van der Waals surface area contributed by atoms with Crippen LogP contribution in [0.4, 0.5) is 11.4 Å². The zero-order chi connectivity index (χ0) is 34.4. The van der Waals surface area contributed by atoms with E-state index < -0.39 is 20.8 Å². The Kier molecular flexibility index (Phi) is 14.8. The molecule has 4 rings (SSSR count). The summed E-state index contributed by atoms with van der Waals surface area (Å²) in [6, 6.07) is 19.8. The summed E-state index contributed by atoms with van der Waals surface area (Å²) < 4.78 is 40.9. The Morgan fingerprint density at radius 2 is 1.44 bits per heavy atom. The molecule has 0 saturated heterocycles. The van der Waals surface area contributed by atoms with Crippen LogP contribution in [-0.2, 0) is 14.8 Å². The maximum atomic E-state index is 13.8. The van der Waals surface area contributed by atoms with Crippen molar-refractivity contribution in [2.24, 2.45) is 4.99 Å². The van der Waals surface area contributed by atoms with Crippen molar-refractivity contribution in [1.29, 1.82) is 0 Å². The first-order valence-corrected chi connectivity index (χ1v) is 19.6. The van der Waals surface area contributed by atoms with Gasteiger partial charge in [0.2, 0.25) is 5.91 Å². The molecule has 3 aromatic rings. The van der Waals surface area contributed by atoms with E-state index in [0.717, 1.165) is 29.7 Å². The number of carbonyl (C=O) groups excluding carboxylic acids is 1. The Balaban J connectivity index is 1.36. The van der Waals surface area contributed by atoms with Crippen LogP contribution in [0.25, 0.3) is 0 Å². The number of anilines is 1. The van der Waals surface area contributed by atoms with E-state index in [1.807, 2.05) is 50.2 Å². The fraction of sp³-hybridized carbons (Fsp3) is 0.474. The lowest BCUT2D eigenvalue weighted by molar-refractivity contribution is -0.114. The summed E-state index contributed by atoms with van der Waals surface area (Å²) in [6.45, 7) is 7.19. The number of ether oxygens (including phenoxy) is 2. The number of benzene rings is 3. The molecule has 0 spiro atoms. The molecule has 1 amide bonds. The molecule has 0 fully saturated rings. The fourth-order valence-electron chi connectivity index (χ4n) is 5.74. The number of aliphatic imine (C=N–C) groups is 1. The van der Waals surface area contributed by atoms with Gasteiger partial charge in [0, 0.05) is 13.0 Å². The molecule has 1 aliphatic heterocycles. The average molecular weight is 741 g/mol. The Morgan fingerprint density at radius 3 is 2.17 bits per heavy atom. The maximum absolute atomic E-state index is 13.8. The molecule has 0 bridgehead atoms. The van der Waals surface area contributed by atoms with Crippen molar-refractivity contribution in [2.45, 2.75) is 101 Å². The predicted molar refractivity (Wildman–Crippen MR) is 199 cm³/mol. The van der Waals surface area contributed by atoms with Crippen LogP contribution in [0.5, 0.6) is 11.5 Å². The Hall–Kier alpha value is -3.37. The molecule has 3 aromatic carbocycles. The van der Waals surface area contributed by atoms with Crippen molar-refractivity contribution < 1.29 is 22.7 Å². The van der Waals surface area contributed by atoms with Gasteiger partial charge >= 0.3 is 0 Å². The number of amidine groups is 1. The lowest BCUT2D eigenvalue weighted by Crippen LogP contribution is -2.47. The van der Waals surface area contributed by atoms with E-state index in [0.29, 0.717) is 36.8 Å². The van der Waals surface area contributed by atoms with Crippen molar-refractivity contribution in [3.05, 3.63) is 77.9 Å². The van der Waals surface area contributed by atoms with Gasteiger partial charge in [-0.3, -0.25) is 9.10 Å². The predicted octanol–water partition coefficient (Wildman–Crippen LogP) is 9.51. The van der Waals surface area contributed by atoms with E-state index in [4.69, 9.17) is 9.47 Å². The molecule has 0 aliphatic carbocycles. The molecule has 48 heavy (non-hydrogen) atoms. The molecule has 1 N–H and O–H groups in total. The minimum atomic E-state index is -3.97. The first-order valence-electron chi connectivity index (χ1n) is 17.3. The van der Waals surface area contributed by atoms with Gasteiger partial charge in [-0.25, -0.2) is 13.4 Å². The van der Waals surface area contributed by atoms with Crippen molar-refractivity contribution in [1.82, 2.24) is 4.31 Å². The summed E-state index contributed by atoms with van der Waals surface area (Å²) >= 11 is 3.48. The Morgan fingerprint density at radius 1 is 0.812 bits per heavy atom. The highest BCUT2D eigenvalue weighted by Gasteiger charge is 2.39. The van der Waals surface area contributed by atoms with Crippen LogP contribution in [0, 0.1) is 13.8 Å². The molecule has 1 atom stereocenters. The standard InChI is InChI=1S/C38H50BrN3O5S/c1-4-5-6-7-8-9-10-11-12-17-26-47-34-21-15-13-19-31(34)41-38(43)36(39)37-40-32-20-14-16-22-35(32)48(44,45)42(37)25-18-27-46-33-24-23-29(2)28-30(33)3/h13-16,19-24,28,36H,4-12,17-18,25-27H2,1-3H3,(H,41,43). The molecule has 8 nitrogen and oxygen atoms in total. The second-order valence-electron chi connectivity index (χ2n) is 12.4. The first kappa shape index (κ1) is 37.4. The minimum Gasteiger partial charge on any atom is -0.493 e. The molecule has 1 heterocycles. The number of carbonyl (C=O) groups is 1. The van der Waals surface area contributed by atoms with Crippen LogP contribution < -0.4 is 14.8 Å². The normalized spacial score (nSPS) is 14.2. The van der Waals surface area contributed by atoms with Crippen molar-refractivity contribution in [3.63, 3.8) is 0 Å². The Labute approximate surface area is 295 Å². The molecule has 0 radical (unpaired) electrons. The molecule has 0 saturated carbocycles. The molecule has 1 unspecified atom stereocenters. The maximum Gasteiger partial charge on any atom is 0.267 e. The number of rotatable bonds is 20. The van der Waals surface area contributed by atoms with Gasteiger partial charge in [-0.05, 0) is 56.2 Å². The zero-order valence-electron chi connectivity index (χ0n) is 28.5. The highest BCUT2D eigenvalue weighted by molar-refractivity contribution is 9.10. The lowest BCUT2D eigenvalue weighted by Gasteiger charge is -2.31. The van der Waals surface area contributed by atoms with E-state index in [1.165, 1.54) is 61.7 Å². The number of amides is 1. The second kappa shape index (κ2) is 19.0. The van der Waals surface area contributed by atoms with Crippen molar-refractivity contribution >= 4 is 49.1 Å². The van der Waals surface area contributed by atoms with E-state index in [1.54, 1.807) is 24.3 Å². The summed E-state index contributed by atoms with van der Waals surface area (Å²) in [5, 5.41) is 2.93. The third kappa shape index (κ3) is 10.6. The van der Waals surface area contributed by atoms with Gasteiger partial charge in [-0.1, -0.05) is 123 Å². The second-order valence-corrected chi connectivity index (χ2v) is 15.1. The number of fused-ring (bicyclic) bond motifs is 1. The van der Waals surface area contributed by atoms with Crippen LogP contribution >= 0.6 is 15.9 Å².